The summed E-state index contributed by atoms with van der Waals surface area (Å²) < 4.78 is 471. The van der Waals surface area contributed by atoms with Gasteiger partial charge in [-0.3, -0.25) is 0 Å². The first-order valence-electron chi connectivity index (χ1n) is 50.7. The van der Waals surface area contributed by atoms with Crippen LogP contribution in [-0.2, 0) is 0 Å². The van der Waals surface area contributed by atoms with Crippen LogP contribution in [0.15, 0.2) is 314 Å². The smallest absolute Gasteiger partial charge is 0.184 e. The topological polar surface area (TPSA) is 53.5 Å². The van der Waals surface area contributed by atoms with Gasteiger partial charge in [0.05, 0.1) is 105 Å². The van der Waals surface area contributed by atoms with Gasteiger partial charge in [0, 0.05) is 60.4 Å². The van der Waals surface area contributed by atoms with Crippen LogP contribution in [0, 0.1) is 0 Å². The molecule has 89 heavy (non-hydrogen) atoms. The summed E-state index contributed by atoms with van der Waals surface area (Å²) in [5.41, 5.74) is -9.95. The van der Waals surface area contributed by atoms with Crippen molar-refractivity contribution in [1.82, 2.24) is 28.7 Å². The fourth-order valence-corrected chi connectivity index (χ4v) is 20.9. The number of benzene rings is 13. The standard InChI is InChI=1S/C81H52N6Si2/c1-3-27-55(28-4-1)88(73-47-19-17-45-71(73)86-68-42-14-9-35-61(68)63-38-23-49-75(88)77(63)86)57-31-21-25-53(51-57)79-82-80(84-81(83-79)65-37-11-16-44-70(65)85-66-40-12-7-33-59(66)60-34-8-13-41-67(60)85)54-26-22-32-58(52-54)89(56-29-5-2-6-30-56)74-48-20-18-46-72(74)87-69-43-15-10-36-62(69)64-39-24-50-76(89)78(64)87/h1-52H/i1D,2D,3D,4D,5D,6D,7D,8D,9D,10D,12D,13D,14D,15D,17D,18D,19D,20D,21D,22D,23D,24D,25D,26D,27D,28D,29D,30D,31D,32D,33D,34D,35D,36D,38D,39D,40D,41D,42D,43D,45D,46D,47D,48D,49D,50D,51D,52D. The van der Waals surface area contributed by atoms with Crippen LogP contribution in [-0.4, -0.2) is 44.8 Å². The van der Waals surface area contributed by atoms with Gasteiger partial charge in [-0.25, -0.2) is 15.0 Å². The molecule has 0 radical (unpaired) electrons. The third-order valence-corrected chi connectivity index (χ3v) is 24.4. The summed E-state index contributed by atoms with van der Waals surface area (Å²) in [5, 5.41) is -13.0. The van der Waals surface area contributed by atoms with E-state index in [2.05, 4.69) is 0 Å². The maximum atomic E-state index is 11.3. The molecule has 4 aromatic heterocycles. The molecule has 2 atom stereocenters. The molecule has 0 N–H and O–H groups in total. The van der Waals surface area contributed by atoms with Gasteiger partial charge in [0.1, 0.15) is 0 Å². The second-order valence-corrected chi connectivity index (χ2v) is 27.1. The fraction of sp³-hybridized carbons (Fsp3) is 0. The predicted octanol–water partition coefficient (Wildman–Crippen LogP) is 13.5. The lowest BCUT2D eigenvalue weighted by atomic mass is 10.1. The van der Waals surface area contributed by atoms with Gasteiger partial charge in [0.25, 0.3) is 0 Å². The van der Waals surface area contributed by atoms with Crippen molar-refractivity contribution >= 4 is 123 Å². The Bertz CT molecular complexity index is 8260. The number of hydrogen-bond donors (Lipinski definition) is 0. The van der Waals surface area contributed by atoms with Gasteiger partial charge in [-0.2, -0.15) is 0 Å². The van der Waals surface area contributed by atoms with Crippen molar-refractivity contribution < 1.29 is 65.8 Å². The number of aromatic nitrogens is 6. The zero-order valence-electron chi connectivity index (χ0n) is 92.5. The van der Waals surface area contributed by atoms with Gasteiger partial charge in [-0.15, -0.1) is 0 Å². The van der Waals surface area contributed by atoms with Crippen molar-refractivity contribution in [2.75, 3.05) is 0 Å². The number of rotatable bonds is 8. The van der Waals surface area contributed by atoms with Crippen LogP contribution < -0.4 is 41.5 Å². The van der Waals surface area contributed by atoms with Gasteiger partial charge < -0.3 is 13.7 Å². The minimum atomic E-state index is -6.70. The Morgan fingerprint density at radius 1 is 0.270 bits per heavy atom. The van der Waals surface area contributed by atoms with Crippen molar-refractivity contribution in [2.45, 2.75) is 0 Å². The van der Waals surface area contributed by atoms with Gasteiger partial charge in [0.15, 0.2) is 33.6 Å². The van der Waals surface area contributed by atoms with E-state index in [9.17, 15) is 52.1 Å². The summed E-state index contributed by atoms with van der Waals surface area (Å²) >= 11 is 0. The summed E-state index contributed by atoms with van der Waals surface area (Å²) in [4.78, 5) is 14.5. The van der Waals surface area contributed by atoms with Gasteiger partial charge >= 0.3 is 0 Å². The van der Waals surface area contributed by atoms with Crippen LogP contribution in [0.2, 0.25) is 0 Å². The first-order valence-corrected chi connectivity index (χ1v) is 30.7. The van der Waals surface area contributed by atoms with E-state index in [1.54, 1.807) is 0 Å². The van der Waals surface area contributed by atoms with E-state index < -0.39 is 464 Å². The molecule has 0 bridgehead atoms. The zero-order valence-corrected chi connectivity index (χ0v) is 46.5. The molecule has 13 aromatic carbocycles. The lowest BCUT2D eigenvalue weighted by molar-refractivity contribution is 1.06. The van der Waals surface area contributed by atoms with Crippen LogP contribution in [0.25, 0.3) is 117 Å². The number of para-hydroxylation sites is 9. The van der Waals surface area contributed by atoms with Gasteiger partial charge in [-0.1, -0.05) is 266 Å². The summed E-state index contributed by atoms with van der Waals surface area (Å²) in [6.45, 7) is 0. The second-order valence-electron chi connectivity index (χ2n) is 20.1. The molecular weight excluding hydrogens is 1110 g/mol. The SMILES string of the molecule is [2H]c1c([2H])c([2H])c([Si]2(c3c([2H])c([2H])c([2H])c(-c4nc(-c5ccccc5-n5c6c([2H])c([2H])c([2H])c([2H])c6c6c([2H])c([2H])c([2H])c([2H])c65)nc(-c5c([2H])c([2H])c([2H])c([Si]6(c7c([2H])c([2H])c([2H])c([2H])c7[2H])c7c([2H])c([2H])c([2H])c([2H])c7-n7c8c([2H])c([2H])c([2H])c([2H])c8c8c([2H])c([2H])c([2H])c6c87)c5[2H])n4)c3[2H])c3c([2H])c([2H])c([2H])c([2H])c3-n3c4c([2H])c([2H])c([2H])c([2H])c4c4c([2H])c([2H])c([2H])c2c43)c([2H])c1[2H]. The lowest BCUT2D eigenvalue weighted by Gasteiger charge is -2.40. The number of fused-ring (bicyclic) bond motifs is 13. The highest BCUT2D eigenvalue weighted by Crippen LogP contribution is 2.40. The van der Waals surface area contributed by atoms with Crippen LogP contribution in [0.3, 0.4) is 0 Å². The summed E-state index contributed by atoms with van der Waals surface area (Å²) in [6.07, 6.45) is 0. The van der Waals surface area contributed by atoms with Crippen molar-refractivity contribution in [2.24, 2.45) is 0 Å². The first-order chi connectivity index (χ1) is 64.1. The molecule has 0 saturated heterocycles. The molecule has 2 aliphatic heterocycles. The molecule has 414 valence electrons. The Morgan fingerprint density at radius 2 is 0.618 bits per heavy atom. The van der Waals surface area contributed by atoms with E-state index in [1.807, 2.05) is 0 Å². The molecular formula is C81H52N6Si2. The highest BCUT2D eigenvalue weighted by atomic mass is 28.3. The maximum absolute atomic E-state index is 11.3. The minimum Gasteiger partial charge on any atom is -0.309 e. The van der Waals surface area contributed by atoms with Gasteiger partial charge in [-0.05, 0) is 89.9 Å². The molecule has 17 aromatic rings. The molecule has 6 nitrogen and oxygen atoms in total. The van der Waals surface area contributed by atoms with E-state index in [-0.39, 0.29) is 0 Å². The van der Waals surface area contributed by atoms with Crippen LogP contribution >= 0.6 is 0 Å². The van der Waals surface area contributed by atoms with Crippen molar-refractivity contribution in [3.05, 3.63) is 314 Å². The van der Waals surface area contributed by atoms with E-state index in [4.69, 9.17) is 28.7 Å². The Hall–Kier alpha value is -11.3. The van der Waals surface area contributed by atoms with Crippen molar-refractivity contribution in [1.29, 1.82) is 0 Å². The third-order valence-electron chi connectivity index (χ3n) is 16.0. The summed E-state index contributed by atoms with van der Waals surface area (Å²) in [6, 6.07) is -52.6. The Balaban J connectivity index is 1.07. The average Bonchev–Trinajstić information content (AvgIpc) is 1.60. The minimum absolute atomic E-state index is 0.505. The molecule has 0 spiro atoms. The van der Waals surface area contributed by atoms with E-state index in [1.165, 1.54) is 12.1 Å². The highest BCUT2D eigenvalue weighted by molar-refractivity contribution is 7.22. The number of hydrogen-bond acceptors (Lipinski definition) is 3. The molecule has 2 aliphatic rings. The van der Waals surface area contributed by atoms with Crippen LogP contribution in [0.1, 0.15) is 65.8 Å². The largest absolute Gasteiger partial charge is 0.309 e. The first kappa shape index (κ1) is 22.1. The Morgan fingerprint density at radius 3 is 1.10 bits per heavy atom. The van der Waals surface area contributed by atoms with E-state index >= 15 is 0 Å². The zero-order chi connectivity index (χ0) is 100. The quantitative estimate of drug-likeness (QED) is 0.143. The Kier molecular flexibility index (Phi) is 4.75. The number of nitrogens with zero attached hydrogens (tertiary/aromatic N) is 6. The summed E-state index contributed by atoms with van der Waals surface area (Å²) in [5.74, 6) is -3.69. The van der Waals surface area contributed by atoms with E-state index in [0.29, 0.717) is 0 Å². The highest BCUT2D eigenvalue weighted by Gasteiger charge is 2.49. The molecule has 8 heteroatoms. The molecule has 2 unspecified atom stereocenters. The molecule has 0 aliphatic carbocycles. The Labute approximate surface area is 582 Å². The van der Waals surface area contributed by atoms with E-state index in [0.717, 1.165) is 25.8 Å². The second kappa shape index (κ2) is 19.1. The average molecular weight is 1210 g/mol. The fourth-order valence-electron chi connectivity index (χ4n) is 12.5. The normalized spacial score (nSPS) is 23.3. The van der Waals surface area contributed by atoms with Crippen LogP contribution in [0.4, 0.5) is 0 Å². The summed E-state index contributed by atoms with van der Waals surface area (Å²) in [7, 11) is -13.4. The van der Waals surface area contributed by atoms with Crippen LogP contribution in [0.5, 0.6) is 0 Å². The third kappa shape index (κ3) is 6.87. The monoisotopic (exact) mass is 1210 g/mol. The van der Waals surface area contributed by atoms with Gasteiger partial charge in [0.2, 0.25) is 0 Å². The maximum Gasteiger partial charge on any atom is 0.184 e. The van der Waals surface area contributed by atoms with Crippen molar-refractivity contribution in [3.8, 4) is 51.2 Å². The molecule has 0 fully saturated rings. The molecule has 19 rings (SSSR count). The molecule has 6 heterocycles. The lowest BCUT2D eigenvalue weighted by Crippen LogP contribution is -2.76. The molecule has 0 amide bonds. The van der Waals surface area contributed by atoms with Crippen molar-refractivity contribution in [3.63, 3.8) is 0 Å². The predicted molar refractivity (Wildman–Crippen MR) is 374 cm³/mol. The molecule has 0 saturated carbocycles.